The zero-order valence-electron chi connectivity index (χ0n) is 13.1. The third-order valence-corrected chi connectivity index (χ3v) is 4.49. The van der Waals surface area contributed by atoms with Crippen LogP contribution in [0.15, 0.2) is 64.4 Å². The van der Waals surface area contributed by atoms with Crippen LogP contribution in [0.1, 0.15) is 22.0 Å². The standard InChI is InChI=1S/C19H19NO2S/c1-15-9-10-17(22-15)14-20(13-16-6-3-2-4-7-16)19(21)12-18-8-5-11-23-18/h2-11H,12-14H2,1H3. The van der Waals surface area contributed by atoms with Crippen molar-refractivity contribution in [1.82, 2.24) is 4.90 Å². The number of carbonyl (C=O) groups is 1. The number of furan rings is 1. The van der Waals surface area contributed by atoms with E-state index < -0.39 is 0 Å². The van der Waals surface area contributed by atoms with E-state index >= 15 is 0 Å². The Morgan fingerprint density at radius 2 is 1.87 bits per heavy atom. The van der Waals surface area contributed by atoms with Gasteiger partial charge in [0.2, 0.25) is 5.91 Å². The fourth-order valence-electron chi connectivity index (χ4n) is 2.47. The van der Waals surface area contributed by atoms with Crippen molar-refractivity contribution in [1.29, 1.82) is 0 Å². The number of benzene rings is 1. The zero-order valence-corrected chi connectivity index (χ0v) is 13.9. The molecule has 0 aliphatic rings. The highest BCUT2D eigenvalue weighted by Crippen LogP contribution is 2.16. The van der Waals surface area contributed by atoms with Crippen LogP contribution in [0.2, 0.25) is 0 Å². The van der Waals surface area contributed by atoms with E-state index in [1.54, 1.807) is 11.3 Å². The van der Waals surface area contributed by atoms with Crippen molar-refractivity contribution in [2.24, 2.45) is 0 Å². The molecular weight excluding hydrogens is 306 g/mol. The number of thiophene rings is 1. The molecule has 1 aromatic carbocycles. The van der Waals surface area contributed by atoms with Gasteiger partial charge in [0.05, 0.1) is 13.0 Å². The first-order valence-electron chi connectivity index (χ1n) is 7.60. The van der Waals surface area contributed by atoms with Crippen LogP contribution in [0, 0.1) is 6.92 Å². The highest BCUT2D eigenvalue weighted by atomic mass is 32.1. The second-order valence-corrected chi connectivity index (χ2v) is 6.54. The summed E-state index contributed by atoms with van der Waals surface area (Å²) in [6.07, 6.45) is 0.435. The lowest BCUT2D eigenvalue weighted by Gasteiger charge is -2.21. The van der Waals surface area contributed by atoms with Crippen molar-refractivity contribution >= 4 is 17.2 Å². The first-order valence-corrected chi connectivity index (χ1v) is 8.48. The van der Waals surface area contributed by atoms with Crippen molar-refractivity contribution in [2.75, 3.05) is 0 Å². The van der Waals surface area contributed by atoms with Gasteiger partial charge in [-0.3, -0.25) is 4.79 Å². The Hall–Kier alpha value is -2.33. The van der Waals surface area contributed by atoms with Gasteiger partial charge in [0, 0.05) is 11.4 Å². The van der Waals surface area contributed by atoms with E-state index in [2.05, 4.69) is 0 Å². The van der Waals surface area contributed by atoms with Gasteiger partial charge in [0.1, 0.15) is 11.5 Å². The molecule has 0 aliphatic heterocycles. The molecule has 3 rings (SSSR count). The van der Waals surface area contributed by atoms with Crippen LogP contribution in [-0.2, 0) is 24.3 Å². The molecule has 0 spiro atoms. The predicted molar refractivity (Wildman–Crippen MR) is 92.2 cm³/mol. The summed E-state index contributed by atoms with van der Waals surface area (Å²) in [4.78, 5) is 15.7. The van der Waals surface area contributed by atoms with E-state index in [1.807, 2.05) is 71.8 Å². The molecule has 0 bridgehead atoms. The van der Waals surface area contributed by atoms with Crippen LogP contribution in [0.5, 0.6) is 0 Å². The predicted octanol–water partition coefficient (Wildman–Crippen LogP) is 4.42. The number of amides is 1. The minimum absolute atomic E-state index is 0.116. The van der Waals surface area contributed by atoms with E-state index in [9.17, 15) is 4.79 Å². The summed E-state index contributed by atoms with van der Waals surface area (Å²) < 4.78 is 5.65. The molecule has 4 heteroatoms. The SMILES string of the molecule is Cc1ccc(CN(Cc2ccccc2)C(=O)Cc2cccs2)o1. The summed E-state index contributed by atoms with van der Waals surface area (Å²) >= 11 is 1.61. The van der Waals surface area contributed by atoms with E-state index in [1.165, 1.54) is 0 Å². The van der Waals surface area contributed by atoms with Crippen LogP contribution < -0.4 is 0 Å². The number of rotatable bonds is 6. The maximum Gasteiger partial charge on any atom is 0.228 e. The number of nitrogens with zero attached hydrogens (tertiary/aromatic N) is 1. The molecular formula is C19H19NO2S. The molecule has 23 heavy (non-hydrogen) atoms. The van der Waals surface area contributed by atoms with Crippen LogP contribution >= 0.6 is 11.3 Å². The van der Waals surface area contributed by atoms with Gasteiger partial charge < -0.3 is 9.32 Å². The van der Waals surface area contributed by atoms with Crippen molar-refractivity contribution in [3.63, 3.8) is 0 Å². The molecule has 0 aliphatic carbocycles. The third-order valence-electron chi connectivity index (χ3n) is 3.62. The van der Waals surface area contributed by atoms with Gasteiger partial charge in [0.25, 0.3) is 0 Å². The van der Waals surface area contributed by atoms with Gasteiger partial charge in [-0.15, -0.1) is 11.3 Å². The highest BCUT2D eigenvalue weighted by Gasteiger charge is 2.17. The number of carbonyl (C=O) groups excluding carboxylic acids is 1. The monoisotopic (exact) mass is 325 g/mol. The first kappa shape index (κ1) is 15.6. The second-order valence-electron chi connectivity index (χ2n) is 5.50. The van der Waals surface area contributed by atoms with Gasteiger partial charge in [-0.1, -0.05) is 36.4 Å². The van der Waals surface area contributed by atoms with Gasteiger partial charge in [-0.25, -0.2) is 0 Å². The molecule has 0 saturated carbocycles. The van der Waals surface area contributed by atoms with E-state index in [0.29, 0.717) is 19.5 Å². The van der Waals surface area contributed by atoms with Crippen LogP contribution in [0.25, 0.3) is 0 Å². The Balaban J connectivity index is 1.75. The summed E-state index contributed by atoms with van der Waals surface area (Å²) in [5, 5.41) is 2.00. The smallest absolute Gasteiger partial charge is 0.228 e. The number of aryl methyl sites for hydroxylation is 1. The molecule has 0 radical (unpaired) electrons. The molecule has 2 aromatic heterocycles. The van der Waals surface area contributed by atoms with Crippen LogP contribution in [0.4, 0.5) is 0 Å². The van der Waals surface area contributed by atoms with Crippen LogP contribution in [0.3, 0.4) is 0 Å². The first-order chi connectivity index (χ1) is 11.2. The summed E-state index contributed by atoms with van der Waals surface area (Å²) in [6.45, 7) is 3.00. The van der Waals surface area contributed by atoms with Crippen molar-refractivity contribution in [3.8, 4) is 0 Å². The Bertz CT molecular complexity index is 747. The summed E-state index contributed by atoms with van der Waals surface area (Å²) in [7, 11) is 0. The molecule has 1 amide bonds. The number of hydrogen-bond donors (Lipinski definition) is 0. The lowest BCUT2D eigenvalue weighted by atomic mass is 10.2. The summed E-state index contributed by atoms with van der Waals surface area (Å²) in [6, 6.07) is 17.9. The maximum atomic E-state index is 12.7. The average molecular weight is 325 g/mol. The lowest BCUT2D eigenvalue weighted by molar-refractivity contribution is -0.131. The van der Waals surface area contributed by atoms with E-state index in [-0.39, 0.29) is 5.91 Å². The van der Waals surface area contributed by atoms with Crippen LogP contribution in [-0.4, -0.2) is 10.8 Å². The molecule has 0 unspecified atom stereocenters. The van der Waals surface area contributed by atoms with Crippen molar-refractivity contribution in [3.05, 3.63) is 81.9 Å². The normalized spacial score (nSPS) is 10.7. The molecule has 0 fully saturated rings. The second kappa shape index (κ2) is 7.29. The average Bonchev–Trinajstić information content (AvgIpc) is 3.19. The molecule has 3 aromatic rings. The summed E-state index contributed by atoms with van der Waals surface area (Å²) in [5.41, 5.74) is 1.12. The minimum Gasteiger partial charge on any atom is -0.464 e. The fourth-order valence-corrected chi connectivity index (χ4v) is 3.16. The largest absolute Gasteiger partial charge is 0.464 e. The van der Waals surface area contributed by atoms with Crippen molar-refractivity contribution < 1.29 is 9.21 Å². The quantitative estimate of drug-likeness (QED) is 0.672. The third kappa shape index (κ3) is 4.33. The minimum atomic E-state index is 0.116. The molecule has 0 atom stereocenters. The lowest BCUT2D eigenvalue weighted by Crippen LogP contribution is -2.31. The fraction of sp³-hybridized carbons (Fsp3) is 0.211. The molecule has 0 N–H and O–H groups in total. The number of hydrogen-bond acceptors (Lipinski definition) is 3. The molecule has 2 heterocycles. The Kier molecular flexibility index (Phi) is 4.93. The Morgan fingerprint density at radius 1 is 1.04 bits per heavy atom. The van der Waals surface area contributed by atoms with Gasteiger partial charge in [0.15, 0.2) is 0 Å². The van der Waals surface area contributed by atoms with E-state index in [4.69, 9.17) is 4.42 Å². The molecule has 3 nitrogen and oxygen atoms in total. The van der Waals surface area contributed by atoms with Gasteiger partial charge in [-0.2, -0.15) is 0 Å². The Labute approximate surface area is 140 Å². The topological polar surface area (TPSA) is 33.5 Å². The Morgan fingerprint density at radius 3 is 2.52 bits per heavy atom. The van der Waals surface area contributed by atoms with Gasteiger partial charge in [-0.05, 0) is 36.1 Å². The highest BCUT2D eigenvalue weighted by molar-refractivity contribution is 7.10. The maximum absolute atomic E-state index is 12.7. The zero-order chi connectivity index (χ0) is 16.1. The van der Waals surface area contributed by atoms with Gasteiger partial charge >= 0.3 is 0 Å². The molecule has 118 valence electrons. The summed E-state index contributed by atoms with van der Waals surface area (Å²) in [5.74, 6) is 1.80. The van der Waals surface area contributed by atoms with Crippen molar-refractivity contribution in [2.45, 2.75) is 26.4 Å². The van der Waals surface area contributed by atoms with E-state index in [0.717, 1.165) is 22.0 Å². The molecule has 0 saturated heterocycles.